The summed E-state index contributed by atoms with van der Waals surface area (Å²) in [5.74, 6) is 5.37. The lowest BCUT2D eigenvalue weighted by Crippen LogP contribution is -2.36. The minimum absolute atomic E-state index is 0.151. The summed E-state index contributed by atoms with van der Waals surface area (Å²) in [6.45, 7) is 2.19. The highest BCUT2D eigenvalue weighted by Crippen LogP contribution is 2.13. The molecule has 0 spiro atoms. The van der Waals surface area contributed by atoms with Gasteiger partial charge in [0.15, 0.2) is 0 Å². The molecule has 0 aromatic heterocycles. The van der Waals surface area contributed by atoms with Crippen LogP contribution in [0.1, 0.15) is 21.5 Å². The number of aryl methyl sites for hydroxylation is 1. The highest BCUT2D eigenvalue weighted by atomic mass is 16.3. The van der Waals surface area contributed by atoms with Gasteiger partial charge in [-0.15, -0.1) is 0 Å². The molecule has 5 nitrogen and oxygen atoms in total. The van der Waals surface area contributed by atoms with Crippen molar-refractivity contribution >= 4 is 5.91 Å². The van der Waals surface area contributed by atoms with Crippen LogP contribution in [0.25, 0.3) is 0 Å². The quantitative estimate of drug-likeness (QED) is 0.646. The zero-order valence-corrected chi connectivity index (χ0v) is 11.6. The van der Waals surface area contributed by atoms with Gasteiger partial charge in [-0.05, 0) is 24.6 Å². The number of hydrogen-bond donors (Lipinski definition) is 3. The number of amides is 1. The second-order valence-electron chi connectivity index (χ2n) is 4.29. The third kappa shape index (κ3) is 4.35. The molecule has 0 bridgehead atoms. The van der Waals surface area contributed by atoms with Crippen LogP contribution in [0.3, 0.4) is 0 Å². The second kappa shape index (κ2) is 8.33. The van der Waals surface area contributed by atoms with Crippen molar-refractivity contribution in [1.29, 1.82) is 0 Å². The number of aliphatic hydroxyl groups excluding tert-OH is 2. The van der Waals surface area contributed by atoms with Crippen molar-refractivity contribution in [3.63, 3.8) is 0 Å². The lowest BCUT2D eigenvalue weighted by atomic mass is 10.0. The Morgan fingerprint density at radius 1 is 1.30 bits per heavy atom. The summed E-state index contributed by atoms with van der Waals surface area (Å²) in [5.41, 5.74) is 7.43. The molecule has 20 heavy (non-hydrogen) atoms. The van der Waals surface area contributed by atoms with Gasteiger partial charge in [-0.3, -0.25) is 4.79 Å². The molecule has 5 heteroatoms. The number of nitrogens with zero attached hydrogens (tertiary/aromatic N) is 1. The van der Waals surface area contributed by atoms with Gasteiger partial charge in [0.2, 0.25) is 0 Å². The van der Waals surface area contributed by atoms with Crippen LogP contribution in [-0.2, 0) is 0 Å². The summed E-state index contributed by atoms with van der Waals surface area (Å²) in [7, 11) is 0. The van der Waals surface area contributed by atoms with Crippen LogP contribution in [0, 0.1) is 18.8 Å². The molecule has 1 aromatic carbocycles. The number of carbonyl (C=O) groups is 1. The lowest BCUT2D eigenvalue weighted by molar-refractivity contribution is 0.0684. The van der Waals surface area contributed by atoms with E-state index in [1.54, 1.807) is 6.07 Å². The maximum atomic E-state index is 12.4. The maximum absolute atomic E-state index is 12.4. The second-order valence-corrected chi connectivity index (χ2v) is 4.29. The van der Waals surface area contributed by atoms with Crippen LogP contribution < -0.4 is 5.73 Å². The van der Waals surface area contributed by atoms with Crippen LogP contribution in [-0.4, -0.2) is 53.9 Å². The van der Waals surface area contributed by atoms with Gasteiger partial charge >= 0.3 is 0 Å². The summed E-state index contributed by atoms with van der Waals surface area (Å²) >= 11 is 0. The Bertz CT molecular complexity index is 512. The van der Waals surface area contributed by atoms with Gasteiger partial charge in [0.1, 0.15) is 0 Å². The molecule has 108 valence electrons. The molecule has 0 radical (unpaired) electrons. The first-order chi connectivity index (χ1) is 9.63. The number of hydrogen-bond acceptors (Lipinski definition) is 4. The lowest BCUT2D eigenvalue weighted by Gasteiger charge is -2.21. The molecule has 4 N–H and O–H groups in total. The Balaban J connectivity index is 3.12. The van der Waals surface area contributed by atoms with E-state index in [0.717, 1.165) is 5.56 Å². The molecule has 1 aromatic rings. The Kier molecular flexibility index (Phi) is 6.74. The van der Waals surface area contributed by atoms with Crippen molar-refractivity contribution in [2.24, 2.45) is 5.73 Å². The highest BCUT2D eigenvalue weighted by molar-refractivity contribution is 5.96. The van der Waals surface area contributed by atoms with Crippen LogP contribution in [0.2, 0.25) is 0 Å². The van der Waals surface area contributed by atoms with E-state index in [0.29, 0.717) is 11.1 Å². The van der Waals surface area contributed by atoms with E-state index in [-0.39, 0.29) is 38.8 Å². The van der Waals surface area contributed by atoms with E-state index in [1.165, 1.54) is 4.90 Å². The largest absolute Gasteiger partial charge is 0.395 e. The third-order valence-corrected chi connectivity index (χ3v) is 2.76. The van der Waals surface area contributed by atoms with Crippen molar-refractivity contribution in [3.8, 4) is 11.8 Å². The van der Waals surface area contributed by atoms with Crippen molar-refractivity contribution in [1.82, 2.24) is 4.90 Å². The minimum atomic E-state index is -0.255. The number of rotatable bonds is 5. The smallest absolute Gasteiger partial charge is 0.255 e. The Labute approximate surface area is 119 Å². The maximum Gasteiger partial charge on any atom is 0.255 e. The van der Waals surface area contributed by atoms with Gasteiger partial charge < -0.3 is 20.8 Å². The first-order valence-electron chi connectivity index (χ1n) is 6.44. The van der Waals surface area contributed by atoms with Crippen LogP contribution in [0.15, 0.2) is 18.2 Å². The molecule has 1 rings (SSSR count). The molecular formula is C15H20N2O3. The van der Waals surface area contributed by atoms with Gasteiger partial charge in [0, 0.05) is 18.7 Å². The summed E-state index contributed by atoms with van der Waals surface area (Å²) < 4.78 is 0. The van der Waals surface area contributed by atoms with Crippen molar-refractivity contribution in [2.45, 2.75) is 6.92 Å². The molecular weight excluding hydrogens is 256 g/mol. The van der Waals surface area contributed by atoms with E-state index in [1.807, 2.05) is 19.1 Å². The zero-order valence-electron chi connectivity index (χ0n) is 11.6. The zero-order chi connectivity index (χ0) is 15.0. The number of benzene rings is 1. The fraction of sp³-hybridized carbons (Fsp3) is 0.400. The first kappa shape index (κ1) is 16.2. The van der Waals surface area contributed by atoms with Crippen molar-refractivity contribution in [3.05, 3.63) is 34.9 Å². The predicted molar refractivity (Wildman–Crippen MR) is 77.2 cm³/mol. The van der Waals surface area contributed by atoms with Gasteiger partial charge in [0.25, 0.3) is 5.91 Å². The van der Waals surface area contributed by atoms with Gasteiger partial charge in [-0.1, -0.05) is 17.9 Å². The van der Waals surface area contributed by atoms with Gasteiger partial charge in [-0.25, -0.2) is 0 Å². The summed E-state index contributed by atoms with van der Waals surface area (Å²) in [4.78, 5) is 13.8. The Morgan fingerprint density at radius 2 is 1.95 bits per heavy atom. The monoisotopic (exact) mass is 276 g/mol. The molecule has 0 aliphatic carbocycles. The molecule has 0 fully saturated rings. The number of carbonyl (C=O) groups excluding carboxylic acids is 1. The molecule has 0 aliphatic rings. The first-order valence-corrected chi connectivity index (χ1v) is 6.44. The SMILES string of the molecule is Cc1ccc(C(=O)N(CCO)CCO)c(C#CCN)c1. The molecule has 1 amide bonds. The normalized spacial score (nSPS) is 9.80. The van der Waals surface area contributed by atoms with Crippen molar-refractivity contribution < 1.29 is 15.0 Å². The fourth-order valence-electron chi connectivity index (χ4n) is 1.82. The number of aliphatic hydroxyl groups is 2. The van der Waals surface area contributed by atoms with E-state index in [2.05, 4.69) is 11.8 Å². The molecule has 0 saturated heterocycles. The molecule has 0 heterocycles. The highest BCUT2D eigenvalue weighted by Gasteiger charge is 2.17. The third-order valence-electron chi connectivity index (χ3n) is 2.76. The van der Waals surface area contributed by atoms with Gasteiger partial charge in [0.05, 0.1) is 25.3 Å². The van der Waals surface area contributed by atoms with E-state index in [9.17, 15) is 4.79 Å². The Morgan fingerprint density at radius 3 is 2.50 bits per heavy atom. The van der Waals surface area contributed by atoms with E-state index >= 15 is 0 Å². The standard InChI is InChI=1S/C15H20N2O3/c1-12-4-5-14(13(11-12)3-2-6-16)15(20)17(7-9-18)8-10-19/h4-5,11,18-19H,6-10,16H2,1H3. The summed E-state index contributed by atoms with van der Waals surface area (Å²) in [6.07, 6.45) is 0. The average molecular weight is 276 g/mol. The Hall–Kier alpha value is -1.87. The van der Waals surface area contributed by atoms with Crippen molar-refractivity contribution in [2.75, 3.05) is 32.8 Å². The fourth-order valence-corrected chi connectivity index (χ4v) is 1.82. The van der Waals surface area contributed by atoms with E-state index in [4.69, 9.17) is 15.9 Å². The summed E-state index contributed by atoms with van der Waals surface area (Å²) in [5, 5.41) is 18.0. The van der Waals surface area contributed by atoms with Crippen LogP contribution in [0.4, 0.5) is 0 Å². The molecule has 0 aliphatic heterocycles. The van der Waals surface area contributed by atoms with Crippen LogP contribution >= 0.6 is 0 Å². The topological polar surface area (TPSA) is 86.8 Å². The van der Waals surface area contributed by atoms with E-state index < -0.39 is 0 Å². The number of nitrogens with two attached hydrogens (primary N) is 1. The molecule has 0 unspecified atom stereocenters. The predicted octanol–water partition coefficient (Wildman–Crippen LogP) is -0.268. The van der Waals surface area contributed by atoms with Gasteiger partial charge in [-0.2, -0.15) is 0 Å². The molecule has 0 atom stereocenters. The average Bonchev–Trinajstić information content (AvgIpc) is 2.44. The minimum Gasteiger partial charge on any atom is -0.395 e. The molecule has 0 saturated carbocycles. The van der Waals surface area contributed by atoms with Crippen LogP contribution in [0.5, 0.6) is 0 Å². The summed E-state index contributed by atoms with van der Waals surface area (Å²) in [6, 6.07) is 5.36.